The van der Waals surface area contributed by atoms with Crippen LogP contribution >= 0.6 is 0 Å². The first-order valence-electron chi connectivity index (χ1n) is 7.80. The van der Waals surface area contributed by atoms with Crippen LogP contribution in [-0.2, 0) is 16.8 Å². The van der Waals surface area contributed by atoms with E-state index in [0.717, 1.165) is 18.4 Å². The van der Waals surface area contributed by atoms with Crippen molar-refractivity contribution in [3.05, 3.63) is 54.0 Å². The van der Waals surface area contributed by atoms with E-state index in [0.29, 0.717) is 23.9 Å². The minimum Gasteiger partial charge on any atom is -0.467 e. The number of benzene rings is 1. The van der Waals surface area contributed by atoms with E-state index in [1.807, 2.05) is 31.2 Å². The normalized spacial score (nSPS) is 15.1. The first-order chi connectivity index (χ1) is 11.0. The van der Waals surface area contributed by atoms with Gasteiger partial charge in [0.05, 0.1) is 18.5 Å². The minimum absolute atomic E-state index is 0.188. The first-order valence-corrected chi connectivity index (χ1v) is 9.19. The highest BCUT2D eigenvalue weighted by Crippen LogP contribution is 2.31. The lowest BCUT2D eigenvalue weighted by atomic mass is 10.2. The predicted octanol–water partition coefficient (Wildman–Crippen LogP) is 3.18. The quantitative estimate of drug-likeness (QED) is 0.781. The number of anilines is 1. The van der Waals surface area contributed by atoms with E-state index in [9.17, 15) is 8.42 Å². The van der Waals surface area contributed by atoms with Crippen LogP contribution in [-0.4, -0.2) is 26.3 Å². The van der Waals surface area contributed by atoms with Crippen LogP contribution < -0.4 is 4.31 Å². The van der Waals surface area contributed by atoms with Crippen molar-refractivity contribution in [1.29, 1.82) is 0 Å². The van der Waals surface area contributed by atoms with Crippen molar-refractivity contribution in [3.63, 3.8) is 0 Å². The molecule has 2 aromatic rings. The van der Waals surface area contributed by atoms with Crippen LogP contribution in [0.15, 0.2) is 47.1 Å². The predicted molar refractivity (Wildman–Crippen MR) is 90.3 cm³/mol. The highest BCUT2D eigenvalue weighted by molar-refractivity contribution is 7.90. The van der Waals surface area contributed by atoms with Gasteiger partial charge < -0.3 is 4.42 Å². The topological polar surface area (TPSA) is 53.8 Å². The summed E-state index contributed by atoms with van der Waals surface area (Å²) in [5.74, 6) is 1.12. The molecular weight excluding hydrogens is 312 g/mol. The van der Waals surface area contributed by atoms with Gasteiger partial charge in [0, 0.05) is 13.6 Å². The molecule has 0 aliphatic heterocycles. The van der Waals surface area contributed by atoms with Crippen LogP contribution in [0.4, 0.5) is 5.69 Å². The molecule has 0 spiro atoms. The Bertz CT molecular complexity index is 735. The molecule has 1 saturated carbocycles. The molecule has 0 atom stereocenters. The molecule has 1 aliphatic carbocycles. The maximum atomic E-state index is 13.0. The van der Waals surface area contributed by atoms with Crippen LogP contribution in [0.5, 0.6) is 0 Å². The third-order valence-corrected chi connectivity index (χ3v) is 5.92. The maximum Gasteiger partial charge on any atom is 0.304 e. The maximum absolute atomic E-state index is 13.0. The molecule has 0 amide bonds. The average molecular weight is 334 g/mol. The summed E-state index contributed by atoms with van der Waals surface area (Å²) >= 11 is 0. The second kappa shape index (κ2) is 6.37. The van der Waals surface area contributed by atoms with Gasteiger partial charge in [-0.15, -0.1) is 0 Å². The van der Waals surface area contributed by atoms with E-state index in [4.69, 9.17) is 4.42 Å². The molecule has 3 rings (SSSR count). The van der Waals surface area contributed by atoms with Gasteiger partial charge in [0.2, 0.25) is 0 Å². The lowest BCUT2D eigenvalue weighted by Crippen LogP contribution is -2.42. The molecule has 1 heterocycles. The Morgan fingerprint density at radius 3 is 2.43 bits per heavy atom. The summed E-state index contributed by atoms with van der Waals surface area (Å²) < 4.78 is 34.2. The summed E-state index contributed by atoms with van der Waals surface area (Å²) in [5, 5.41) is 0. The molecular formula is C17H22N2O3S. The molecule has 1 aromatic carbocycles. The fourth-order valence-electron chi connectivity index (χ4n) is 2.49. The number of hydrogen-bond acceptors (Lipinski definition) is 3. The van der Waals surface area contributed by atoms with E-state index < -0.39 is 10.2 Å². The van der Waals surface area contributed by atoms with Crippen molar-refractivity contribution in [2.24, 2.45) is 5.92 Å². The van der Waals surface area contributed by atoms with Gasteiger partial charge >= 0.3 is 10.2 Å². The van der Waals surface area contributed by atoms with Crippen LogP contribution in [0.25, 0.3) is 0 Å². The van der Waals surface area contributed by atoms with E-state index in [1.165, 1.54) is 8.61 Å². The summed E-state index contributed by atoms with van der Waals surface area (Å²) in [7, 11) is -1.94. The van der Waals surface area contributed by atoms with Gasteiger partial charge in [0.25, 0.3) is 0 Å². The van der Waals surface area contributed by atoms with E-state index >= 15 is 0 Å². The first kappa shape index (κ1) is 16.1. The van der Waals surface area contributed by atoms with Gasteiger partial charge in [-0.25, -0.2) is 0 Å². The number of furan rings is 1. The van der Waals surface area contributed by atoms with Gasteiger partial charge in [-0.3, -0.25) is 4.31 Å². The van der Waals surface area contributed by atoms with Crippen molar-refractivity contribution < 1.29 is 12.8 Å². The summed E-state index contributed by atoms with van der Waals surface area (Å²) in [4.78, 5) is 0. The summed E-state index contributed by atoms with van der Waals surface area (Å²) in [5.41, 5.74) is 1.74. The Balaban J connectivity index is 1.91. The molecule has 1 aliphatic rings. The van der Waals surface area contributed by atoms with Crippen LogP contribution in [0.3, 0.4) is 0 Å². The second-order valence-electron chi connectivity index (χ2n) is 6.15. The summed E-state index contributed by atoms with van der Waals surface area (Å²) in [6.07, 6.45) is 3.79. The highest BCUT2D eigenvalue weighted by atomic mass is 32.2. The molecule has 0 saturated heterocycles. The lowest BCUT2D eigenvalue weighted by molar-refractivity contribution is 0.444. The Morgan fingerprint density at radius 1 is 1.17 bits per heavy atom. The fourth-order valence-corrected chi connectivity index (χ4v) is 3.90. The van der Waals surface area contributed by atoms with Gasteiger partial charge in [0.1, 0.15) is 5.76 Å². The third-order valence-electron chi connectivity index (χ3n) is 4.09. The minimum atomic E-state index is -3.59. The molecule has 0 N–H and O–H groups in total. The third kappa shape index (κ3) is 3.76. The van der Waals surface area contributed by atoms with Crippen LogP contribution in [0.1, 0.15) is 24.2 Å². The van der Waals surface area contributed by atoms with E-state index in [-0.39, 0.29) is 6.54 Å². The van der Waals surface area contributed by atoms with E-state index in [1.54, 1.807) is 25.4 Å². The number of aryl methyl sites for hydroxylation is 1. The largest absolute Gasteiger partial charge is 0.467 e. The molecule has 0 unspecified atom stereocenters. The zero-order chi connectivity index (χ0) is 16.4. The van der Waals surface area contributed by atoms with E-state index in [2.05, 4.69) is 0 Å². The Hall–Kier alpha value is -1.79. The SMILES string of the molecule is Cc1ccc(N(Cc2ccco2)S(=O)(=O)N(C)CC2CC2)cc1. The lowest BCUT2D eigenvalue weighted by Gasteiger charge is -2.28. The smallest absolute Gasteiger partial charge is 0.304 e. The molecule has 0 radical (unpaired) electrons. The Kier molecular flexibility index (Phi) is 4.46. The number of nitrogens with zero attached hydrogens (tertiary/aromatic N) is 2. The van der Waals surface area contributed by atoms with Crippen LogP contribution in [0, 0.1) is 12.8 Å². The molecule has 124 valence electrons. The molecule has 0 bridgehead atoms. The zero-order valence-corrected chi connectivity index (χ0v) is 14.3. The zero-order valence-electron chi connectivity index (χ0n) is 13.5. The van der Waals surface area contributed by atoms with Crippen molar-refractivity contribution in [3.8, 4) is 0 Å². The number of hydrogen-bond donors (Lipinski definition) is 0. The molecule has 23 heavy (non-hydrogen) atoms. The monoisotopic (exact) mass is 334 g/mol. The average Bonchev–Trinajstić information content (AvgIpc) is 3.18. The molecule has 1 aromatic heterocycles. The van der Waals surface area contributed by atoms with Gasteiger partial charge in [-0.1, -0.05) is 17.7 Å². The number of rotatable bonds is 7. The van der Waals surface area contributed by atoms with Gasteiger partial charge in [0.15, 0.2) is 0 Å². The molecule has 6 heteroatoms. The standard InChI is InChI=1S/C17H22N2O3S/c1-14-5-9-16(10-6-14)19(13-17-4-3-11-22-17)23(20,21)18(2)12-15-7-8-15/h3-6,9-11,15H,7-8,12-13H2,1-2H3. The Labute approximate surface area is 137 Å². The summed E-state index contributed by atoms with van der Waals surface area (Å²) in [6.45, 7) is 2.74. The van der Waals surface area contributed by atoms with Crippen molar-refractivity contribution >= 4 is 15.9 Å². The van der Waals surface area contributed by atoms with Crippen molar-refractivity contribution in [2.75, 3.05) is 17.9 Å². The van der Waals surface area contributed by atoms with Gasteiger partial charge in [-0.2, -0.15) is 12.7 Å². The van der Waals surface area contributed by atoms with Gasteiger partial charge in [-0.05, 0) is 49.9 Å². The molecule has 1 fully saturated rings. The fraction of sp³-hybridized carbons (Fsp3) is 0.412. The molecule has 5 nitrogen and oxygen atoms in total. The Morgan fingerprint density at radius 2 is 1.87 bits per heavy atom. The summed E-state index contributed by atoms with van der Waals surface area (Å²) in [6, 6.07) is 11.1. The van der Waals surface area contributed by atoms with Crippen molar-refractivity contribution in [1.82, 2.24) is 4.31 Å². The second-order valence-corrected chi connectivity index (χ2v) is 8.11. The highest BCUT2D eigenvalue weighted by Gasteiger charge is 2.32. The van der Waals surface area contributed by atoms with Crippen molar-refractivity contribution in [2.45, 2.75) is 26.3 Å². The van der Waals surface area contributed by atoms with Crippen LogP contribution in [0.2, 0.25) is 0 Å².